The average molecular weight is 210 g/mol. The smallest absolute Gasteiger partial charge is 0.155 e. The minimum Gasteiger partial charge on any atom is -0.295 e. The lowest BCUT2D eigenvalue weighted by Crippen LogP contribution is -1.89. The molecule has 1 nitrogen and oxygen atoms in total. The first kappa shape index (κ1) is 14.4. The lowest BCUT2D eigenvalue weighted by molar-refractivity contribution is -0.114. The summed E-state index contributed by atoms with van der Waals surface area (Å²) in [6.07, 6.45) is 14.5. The largest absolute Gasteiger partial charge is 0.295 e. The quantitative estimate of drug-likeness (QED) is 0.378. The minimum atomic E-state index is 0.281. The molecule has 0 aromatic rings. The molecule has 0 spiro atoms. The lowest BCUT2D eigenvalue weighted by atomic mass is 10.1. The predicted octanol–water partition coefficient (Wildman–Crippen LogP) is 4.66. The third kappa shape index (κ3) is 11.3. The second-order valence-electron chi connectivity index (χ2n) is 4.18. The van der Waals surface area contributed by atoms with Gasteiger partial charge in [-0.15, -0.1) is 0 Å². The van der Waals surface area contributed by atoms with E-state index < -0.39 is 0 Å². The minimum absolute atomic E-state index is 0.281. The highest BCUT2D eigenvalue weighted by Crippen LogP contribution is 2.07. The van der Waals surface area contributed by atoms with Gasteiger partial charge in [-0.05, 0) is 25.3 Å². The van der Waals surface area contributed by atoms with Crippen LogP contribution in [0.3, 0.4) is 0 Å². The molecule has 0 aromatic heterocycles. The summed E-state index contributed by atoms with van der Waals surface area (Å²) in [6.45, 7) is 4.28. The van der Waals surface area contributed by atoms with Gasteiger partial charge in [0.25, 0.3) is 0 Å². The van der Waals surface area contributed by atoms with Crippen LogP contribution in [0.2, 0.25) is 0 Å². The van der Waals surface area contributed by atoms with Crippen LogP contribution in [0, 0.1) is 0 Å². The van der Waals surface area contributed by atoms with Crippen LogP contribution in [0.4, 0.5) is 0 Å². The number of unbranched alkanes of at least 4 members (excludes halogenated alkanes) is 6. The van der Waals surface area contributed by atoms with Crippen LogP contribution in [0.1, 0.15) is 71.6 Å². The van der Waals surface area contributed by atoms with Crippen molar-refractivity contribution in [2.75, 3.05) is 0 Å². The molecular weight excluding hydrogens is 184 g/mol. The fourth-order valence-corrected chi connectivity index (χ4v) is 1.59. The topological polar surface area (TPSA) is 17.1 Å². The first-order valence-electron chi connectivity index (χ1n) is 6.50. The van der Waals surface area contributed by atoms with Crippen LogP contribution in [0.5, 0.6) is 0 Å². The molecule has 0 saturated carbocycles. The molecule has 0 bridgehead atoms. The Morgan fingerprint density at radius 3 is 2.27 bits per heavy atom. The molecule has 0 rings (SSSR count). The van der Waals surface area contributed by atoms with Crippen molar-refractivity contribution in [3.05, 3.63) is 12.2 Å². The van der Waals surface area contributed by atoms with Crippen LogP contribution < -0.4 is 0 Å². The fourth-order valence-electron chi connectivity index (χ4n) is 1.59. The Morgan fingerprint density at radius 1 is 0.933 bits per heavy atom. The molecule has 0 heterocycles. The SMILES string of the molecule is CCCCCCCCC=CC(=O)CCC. The Labute approximate surface area is 95.0 Å². The summed E-state index contributed by atoms with van der Waals surface area (Å²) in [5, 5.41) is 0. The summed E-state index contributed by atoms with van der Waals surface area (Å²) in [6, 6.07) is 0. The van der Waals surface area contributed by atoms with Crippen LogP contribution >= 0.6 is 0 Å². The van der Waals surface area contributed by atoms with E-state index in [0.29, 0.717) is 6.42 Å². The van der Waals surface area contributed by atoms with Crippen LogP contribution in [0.25, 0.3) is 0 Å². The van der Waals surface area contributed by atoms with E-state index in [0.717, 1.165) is 12.8 Å². The zero-order valence-corrected chi connectivity index (χ0v) is 10.4. The number of carbonyl (C=O) groups excluding carboxylic acids is 1. The van der Waals surface area contributed by atoms with Crippen molar-refractivity contribution in [3.8, 4) is 0 Å². The van der Waals surface area contributed by atoms with E-state index >= 15 is 0 Å². The molecule has 0 fully saturated rings. The number of ketones is 1. The first-order chi connectivity index (χ1) is 7.31. The van der Waals surface area contributed by atoms with Crippen LogP contribution in [-0.2, 0) is 4.79 Å². The van der Waals surface area contributed by atoms with Crippen molar-refractivity contribution in [3.63, 3.8) is 0 Å². The maximum Gasteiger partial charge on any atom is 0.155 e. The van der Waals surface area contributed by atoms with Crippen LogP contribution in [0.15, 0.2) is 12.2 Å². The second-order valence-corrected chi connectivity index (χ2v) is 4.18. The third-order valence-electron chi connectivity index (χ3n) is 2.52. The van der Waals surface area contributed by atoms with Gasteiger partial charge in [0.15, 0.2) is 5.78 Å². The molecule has 0 saturated heterocycles. The molecular formula is C14H26O. The van der Waals surface area contributed by atoms with E-state index in [1.807, 2.05) is 13.0 Å². The summed E-state index contributed by atoms with van der Waals surface area (Å²) in [7, 11) is 0. The molecule has 0 aliphatic rings. The zero-order valence-electron chi connectivity index (χ0n) is 10.4. The van der Waals surface area contributed by atoms with Gasteiger partial charge in [0.2, 0.25) is 0 Å². The van der Waals surface area contributed by atoms with Crippen molar-refractivity contribution in [1.29, 1.82) is 0 Å². The molecule has 15 heavy (non-hydrogen) atoms. The number of hydrogen-bond acceptors (Lipinski definition) is 1. The summed E-state index contributed by atoms with van der Waals surface area (Å²) < 4.78 is 0. The van der Waals surface area contributed by atoms with Gasteiger partial charge in [-0.2, -0.15) is 0 Å². The van der Waals surface area contributed by atoms with Gasteiger partial charge in [-0.25, -0.2) is 0 Å². The average Bonchev–Trinajstić information content (AvgIpc) is 2.22. The fraction of sp³-hybridized carbons (Fsp3) is 0.786. The molecule has 0 aliphatic heterocycles. The van der Waals surface area contributed by atoms with Crippen molar-refractivity contribution in [1.82, 2.24) is 0 Å². The molecule has 88 valence electrons. The summed E-state index contributed by atoms with van der Waals surface area (Å²) in [5.74, 6) is 0.281. The van der Waals surface area contributed by atoms with Crippen molar-refractivity contribution in [2.45, 2.75) is 71.6 Å². The zero-order chi connectivity index (χ0) is 11.4. The predicted molar refractivity (Wildman–Crippen MR) is 67.0 cm³/mol. The maximum atomic E-state index is 11.1. The molecule has 0 aliphatic carbocycles. The van der Waals surface area contributed by atoms with Gasteiger partial charge in [0, 0.05) is 6.42 Å². The Balaban J connectivity index is 3.19. The first-order valence-corrected chi connectivity index (χ1v) is 6.50. The van der Waals surface area contributed by atoms with Crippen molar-refractivity contribution in [2.24, 2.45) is 0 Å². The Kier molecular flexibility index (Phi) is 11.0. The van der Waals surface area contributed by atoms with E-state index in [2.05, 4.69) is 6.92 Å². The number of allylic oxidation sites excluding steroid dienone is 2. The highest BCUT2D eigenvalue weighted by molar-refractivity contribution is 5.89. The van der Waals surface area contributed by atoms with E-state index in [4.69, 9.17) is 0 Å². The molecule has 1 heteroatoms. The van der Waals surface area contributed by atoms with Gasteiger partial charge >= 0.3 is 0 Å². The molecule has 0 N–H and O–H groups in total. The molecule has 0 aromatic carbocycles. The highest BCUT2D eigenvalue weighted by atomic mass is 16.1. The lowest BCUT2D eigenvalue weighted by Gasteiger charge is -1.97. The van der Waals surface area contributed by atoms with Crippen molar-refractivity contribution >= 4 is 5.78 Å². The number of hydrogen-bond donors (Lipinski definition) is 0. The molecule has 0 radical (unpaired) electrons. The van der Waals surface area contributed by atoms with E-state index in [1.165, 1.54) is 38.5 Å². The second kappa shape index (κ2) is 11.5. The van der Waals surface area contributed by atoms with Gasteiger partial charge in [-0.3, -0.25) is 4.79 Å². The Morgan fingerprint density at radius 2 is 1.60 bits per heavy atom. The Bertz CT molecular complexity index is 170. The van der Waals surface area contributed by atoms with Gasteiger partial charge in [0.05, 0.1) is 0 Å². The van der Waals surface area contributed by atoms with Gasteiger partial charge in [-0.1, -0.05) is 52.0 Å². The Hall–Kier alpha value is -0.590. The number of carbonyl (C=O) groups is 1. The molecule has 0 amide bonds. The highest BCUT2D eigenvalue weighted by Gasteiger charge is 1.92. The van der Waals surface area contributed by atoms with Crippen molar-refractivity contribution < 1.29 is 4.79 Å². The van der Waals surface area contributed by atoms with E-state index in [-0.39, 0.29) is 5.78 Å². The van der Waals surface area contributed by atoms with E-state index in [1.54, 1.807) is 6.08 Å². The van der Waals surface area contributed by atoms with Gasteiger partial charge in [0.1, 0.15) is 0 Å². The summed E-state index contributed by atoms with van der Waals surface area (Å²) in [4.78, 5) is 11.1. The number of rotatable bonds is 10. The third-order valence-corrected chi connectivity index (χ3v) is 2.52. The van der Waals surface area contributed by atoms with E-state index in [9.17, 15) is 4.79 Å². The van der Waals surface area contributed by atoms with Gasteiger partial charge < -0.3 is 0 Å². The summed E-state index contributed by atoms with van der Waals surface area (Å²) >= 11 is 0. The molecule has 0 unspecified atom stereocenters. The maximum absolute atomic E-state index is 11.1. The monoisotopic (exact) mass is 210 g/mol. The summed E-state index contributed by atoms with van der Waals surface area (Å²) in [5.41, 5.74) is 0. The normalized spacial score (nSPS) is 11.1. The van der Waals surface area contributed by atoms with Crippen LogP contribution in [-0.4, -0.2) is 5.78 Å². The standard InChI is InChI=1S/C14H26O/c1-3-5-6-7-8-9-10-11-13-14(15)12-4-2/h11,13H,3-10,12H2,1-2H3. The molecule has 0 atom stereocenters.